The lowest BCUT2D eigenvalue weighted by atomic mass is 10.0. The molecule has 2 aromatic carbocycles. The summed E-state index contributed by atoms with van der Waals surface area (Å²) in [5.74, 6) is -0.0475. The second-order valence-electron chi connectivity index (χ2n) is 4.70. The van der Waals surface area contributed by atoms with Crippen molar-refractivity contribution in [1.29, 1.82) is 0 Å². The van der Waals surface area contributed by atoms with Crippen LogP contribution >= 0.6 is 31.9 Å². The maximum Gasteiger partial charge on any atom is 0.290 e. The average molecular weight is 421 g/mol. The van der Waals surface area contributed by atoms with Gasteiger partial charge in [-0.1, -0.05) is 56.1 Å². The molecule has 0 atom stereocenters. The molecule has 6 heteroatoms. The largest absolute Gasteiger partial charge is 0.379 e. The van der Waals surface area contributed by atoms with Crippen LogP contribution in [0, 0.1) is 0 Å². The Morgan fingerprint density at radius 3 is 2.18 bits per heavy atom. The van der Waals surface area contributed by atoms with Crippen LogP contribution < -0.4 is 11.3 Å². The van der Waals surface area contributed by atoms with E-state index in [0.29, 0.717) is 11.4 Å². The molecule has 4 nitrogen and oxygen atoms in total. The number of nitrogens with one attached hydrogen (secondary N) is 1. The number of H-pyrrole nitrogens is 1. The van der Waals surface area contributed by atoms with Gasteiger partial charge in [0.2, 0.25) is 0 Å². The fraction of sp³-hybridized carbons (Fsp3) is 0. The Labute approximate surface area is 143 Å². The van der Waals surface area contributed by atoms with Crippen LogP contribution in [-0.4, -0.2) is 9.97 Å². The fourth-order valence-electron chi connectivity index (χ4n) is 2.16. The Morgan fingerprint density at radius 2 is 1.55 bits per heavy atom. The molecule has 0 spiro atoms. The predicted molar refractivity (Wildman–Crippen MR) is 95.5 cm³/mol. The highest BCUT2D eigenvalue weighted by molar-refractivity contribution is 9.10. The molecule has 0 saturated heterocycles. The van der Waals surface area contributed by atoms with Crippen molar-refractivity contribution in [3.63, 3.8) is 0 Å². The van der Waals surface area contributed by atoms with Crippen molar-refractivity contribution in [3.8, 4) is 22.5 Å². The second kappa shape index (κ2) is 6.06. The van der Waals surface area contributed by atoms with Crippen LogP contribution in [0.15, 0.2) is 62.3 Å². The lowest BCUT2D eigenvalue weighted by molar-refractivity contribution is 1.16. The number of nitrogens with zero attached hydrogens (tertiary/aromatic N) is 1. The first-order chi connectivity index (χ1) is 10.5. The van der Waals surface area contributed by atoms with Gasteiger partial charge in [0.15, 0.2) is 5.82 Å². The van der Waals surface area contributed by atoms with Crippen LogP contribution in [0.5, 0.6) is 0 Å². The molecule has 1 heterocycles. The van der Waals surface area contributed by atoms with E-state index in [9.17, 15) is 4.79 Å². The van der Waals surface area contributed by atoms with Crippen molar-refractivity contribution in [2.45, 2.75) is 0 Å². The van der Waals surface area contributed by atoms with Crippen LogP contribution in [0.3, 0.4) is 0 Å². The van der Waals surface area contributed by atoms with Crippen LogP contribution in [0.1, 0.15) is 0 Å². The number of nitrogens with two attached hydrogens (primary N) is 1. The van der Waals surface area contributed by atoms with Crippen LogP contribution in [-0.2, 0) is 0 Å². The smallest absolute Gasteiger partial charge is 0.290 e. The van der Waals surface area contributed by atoms with E-state index in [0.717, 1.165) is 20.1 Å². The van der Waals surface area contributed by atoms with Crippen molar-refractivity contribution in [1.82, 2.24) is 9.97 Å². The molecule has 0 unspecified atom stereocenters. The van der Waals surface area contributed by atoms with E-state index in [-0.39, 0.29) is 5.82 Å². The zero-order chi connectivity index (χ0) is 15.7. The highest BCUT2D eigenvalue weighted by Gasteiger charge is 2.13. The summed E-state index contributed by atoms with van der Waals surface area (Å²) in [6.45, 7) is 0. The Kier molecular flexibility index (Phi) is 4.13. The average Bonchev–Trinajstić information content (AvgIpc) is 2.49. The third kappa shape index (κ3) is 2.98. The number of aromatic amines is 1. The molecule has 0 saturated carbocycles. The number of aromatic nitrogens is 2. The molecular weight excluding hydrogens is 410 g/mol. The van der Waals surface area contributed by atoms with Gasteiger partial charge in [0.25, 0.3) is 5.56 Å². The molecular formula is C16H11Br2N3O. The lowest BCUT2D eigenvalue weighted by Gasteiger charge is -2.10. The molecule has 0 bridgehead atoms. The van der Waals surface area contributed by atoms with Crippen LogP contribution in [0.2, 0.25) is 0 Å². The fourth-order valence-corrected chi connectivity index (χ4v) is 2.96. The highest BCUT2D eigenvalue weighted by Crippen LogP contribution is 2.31. The molecule has 0 amide bonds. The molecule has 3 aromatic rings. The number of anilines is 1. The van der Waals surface area contributed by atoms with E-state index < -0.39 is 5.56 Å². The monoisotopic (exact) mass is 419 g/mol. The van der Waals surface area contributed by atoms with E-state index >= 15 is 0 Å². The van der Waals surface area contributed by atoms with Crippen LogP contribution in [0.25, 0.3) is 22.5 Å². The second-order valence-corrected chi connectivity index (χ2v) is 6.53. The van der Waals surface area contributed by atoms with Gasteiger partial charge in [0, 0.05) is 20.1 Å². The molecule has 0 aliphatic heterocycles. The van der Waals surface area contributed by atoms with Gasteiger partial charge in [-0.3, -0.25) is 4.79 Å². The van der Waals surface area contributed by atoms with E-state index in [1.807, 2.05) is 48.5 Å². The first-order valence-corrected chi connectivity index (χ1v) is 8.05. The number of rotatable bonds is 2. The number of hydrogen-bond donors (Lipinski definition) is 2. The minimum Gasteiger partial charge on any atom is -0.379 e. The standard InChI is InChI=1S/C16H11Br2N3O/c17-11-5-1-3-9(7-11)13-14(21-16(22)15(19)20-13)10-4-2-6-12(18)8-10/h1-8H,(H2,19,20)(H,21,22). The Hall–Kier alpha value is -1.92. The molecule has 0 fully saturated rings. The molecule has 3 N–H and O–H groups in total. The van der Waals surface area contributed by atoms with Crippen molar-refractivity contribution >= 4 is 37.7 Å². The van der Waals surface area contributed by atoms with Crippen molar-refractivity contribution in [2.75, 3.05) is 5.73 Å². The molecule has 0 aliphatic carbocycles. The SMILES string of the molecule is Nc1nc(-c2cccc(Br)c2)c(-c2cccc(Br)c2)[nH]c1=O. The van der Waals surface area contributed by atoms with Crippen molar-refractivity contribution < 1.29 is 0 Å². The summed E-state index contributed by atoms with van der Waals surface area (Å²) in [5.41, 5.74) is 8.30. The zero-order valence-corrected chi connectivity index (χ0v) is 14.5. The minimum absolute atomic E-state index is 0.0475. The summed E-state index contributed by atoms with van der Waals surface area (Å²) in [6.07, 6.45) is 0. The summed E-state index contributed by atoms with van der Waals surface area (Å²) in [7, 11) is 0. The van der Waals surface area contributed by atoms with Gasteiger partial charge in [0.1, 0.15) is 0 Å². The van der Waals surface area contributed by atoms with E-state index in [4.69, 9.17) is 5.73 Å². The highest BCUT2D eigenvalue weighted by atomic mass is 79.9. The van der Waals surface area contributed by atoms with E-state index in [1.54, 1.807) is 0 Å². The maximum atomic E-state index is 11.9. The van der Waals surface area contributed by atoms with Gasteiger partial charge in [-0.25, -0.2) is 4.98 Å². The van der Waals surface area contributed by atoms with Crippen LogP contribution in [0.4, 0.5) is 5.82 Å². The number of hydrogen-bond acceptors (Lipinski definition) is 3. The van der Waals surface area contributed by atoms with Gasteiger partial charge >= 0.3 is 0 Å². The quantitative estimate of drug-likeness (QED) is 0.652. The van der Waals surface area contributed by atoms with Gasteiger partial charge in [0.05, 0.1) is 11.4 Å². The topological polar surface area (TPSA) is 71.8 Å². The Balaban J connectivity index is 2.30. The Bertz CT molecular complexity index is 906. The van der Waals surface area contributed by atoms with Gasteiger partial charge in [-0.15, -0.1) is 0 Å². The third-order valence-electron chi connectivity index (χ3n) is 3.15. The summed E-state index contributed by atoms with van der Waals surface area (Å²) >= 11 is 6.89. The lowest BCUT2D eigenvalue weighted by Crippen LogP contribution is -2.16. The third-order valence-corrected chi connectivity index (χ3v) is 4.14. The minimum atomic E-state index is -0.395. The van der Waals surface area contributed by atoms with E-state index in [1.165, 1.54) is 0 Å². The Morgan fingerprint density at radius 1 is 0.955 bits per heavy atom. The molecule has 0 aliphatic rings. The van der Waals surface area contributed by atoms with Gasteiger partial charge in [-0.05, 0) is 24.3 Å². The van der Waals surface area contributed by atoms with Crippen molar-refractivity contribution in [3.05, 3.63) is 67.8 Å². The number of nitrogen functional groups attached to an aromatic ring is 1. The van der Waals surface area contributed by atoms with Gasteiger partial charge < -0.3 is 10.7 Å². The molecule has 110 valence electrons. The normalized spacial score (nSPS) is 10.6. The van der Waals surface area contributed by atoms with E-state index in [2.05, 4.69) is 41.8 Å². The summed E-state index contributed by atoms with van der Waals surface area (Å²) in [6, 6.07) is 15.3. The predicted octanol–water partition coefficient (Wildman–Crippen LogP) is 4.21. The van der Waals surface area contributed by atoms with Gasteiger partial charge in [-0.2, -0.15) is 0 Å². The maximum absolute atomic E-state index is 11.9. The number of halogens is 2. The summed E-state index contributed by atoms with van der Waals surface area (Å²) in [4.78, 5) is 19.0. The summed E-state index contributed by atoms with van der Waals surface area (Å²) in [5, 5.41) is 0. The molecule has 22 heavy (non-hydrogen) atoms. The molecule has 0 radical (unpaired) electrons. The molecule has 1 aromatic heterocycles. The first-order valence-electron chi connectivity index (χ1n) is 6.46. The zero-order valence-electron chi connectivity index (χ0n) is 11.3. The first kappa shape index (κ1) is 15.0. The molecule has 3 rings (SSSR count). The number of benzene rings is 2. The summed E-state index contributed by atoms with van der Waals surface area (Å²) < 4.78 is 1.85. The van der Waals surface area contributed by atoms with Crippen molar-refractivity contribution in [2.24, 2.45) is 0 Å².